The summed E-state index contributed by atoms with van der Waals surface area (Å²) in [7, 11) is 0. The molecule has 0 aliphatic carbocycles. The molecule has 1 aromatic heterocycles. The molecule has 1 rings (SSSR count). The molecule has 2 nitrogen and oxygen atoms in total. The third-order valence-electron chi connectivity index (χ3n) is 3.41. The lowest BCUT2D eigenvalue weighted by atomic mass is 9.99. The Balaban J connectivity index is 2.33. The van der Waals surface area contributed by atoms with Crippen LogP contribution in [0.2, 0.25) is 0 Å². The van der Waals surface area contributed by atoms with E-state index in [1.807, 2.05) is 12.4 Å². The van der Waals surface area contributed by atoms with E-state index >= 15 is 0 Å². The lowest BCUT2D eigenvalue weighted by Crippen LogP contribution is -2.04. The standard InChI is InChI=1S/C16H28N2/c1-4-6-8-9-14(3)11-16-17-12-15(13-18-16)10-7-5-2/h12-14H,4-11H2,1-3H3. The lowest BCUT2D eigenvalue weighted by Gasteiger charge is -2.10. The van der Waals surface area contributed by atoms with Crippen LogP contribution in [0.1, 0.15) is 70.7 Å². The average molecular weight is 248 g/mol. The molecule has 1 atom stereocenters. The van der Waals surface area contributed by atoms with Gasteiger partial charge in [-0.15, -0.1) is 0 Å². The predicted molar refractivity (Wildman–Crippen MR) is 77.7 cm³/mol. The first-order valence-electron chi connectivity index (χ1n) is 7.56. The van der Waals surface area contributed by atoms with Gasteiger partial charge in [-0.1, -0.05) is 52.9 Å². The third-order valence-corrected chi connectivity index (χ3v) is 3.41. The maximum atomic E-state index is 4.49. The zero-order chi connectivity index (χ0) is 13.2. The van der Waals surface area contributed by atoms with Crippen molar-refractivity contribution in [2.45, 2.75) is 72.1 Å². The Hall–Kier alpha value is -0.920. The van der Waals surface area contributed by atoms with Crippen LogP contribution in [0.5, 0.6) is 0 Å². The topological polar surface area (TPSA) is 25.8 Å². The summed E-state index contributed by atoms with van der Waals surface area (Å²) in [4.78, 5) is 8.98. The minimum Gasteiger partial charge on any atom is -0.241 e. The predicted octanol–water partition coefficient (Wildman–Crippen LogP) is 4.58. The Kier molecular flexibility index (Phi) is 7.63. The van der Waals surface area contributed by atoms with Crippen LogP contribution < -0.4 is 0 Å². The van der Waals surface area contributed by atoms with E-state index in [2.05, 4.69) is 30.7 Å². The lowest BCUT2D eigenvalue weighted by molar-refractivity contribution is 0.483. The molecule has 0 radical (unpaired) electrons. The van der Waals surface area contributed by atoms with E-state index in [4.69, 9.17) is 0 Å². The van der Waals surface area contributed by atoms with Gasteiger partial charge in [-0.05, 0) is 24.3 Å². The Morgan fingerprint density at radius 3 is 2.28 bits per heavy atom. The van der Waals surface area contributed by atoms with E-state index in [0.717, 1.165) is 18.7 Å². The number of unbranched alkanes of at least 4 members (excludes halogenated alkanes) is 3. The highest BCUT2D eigenvalue weighted by molar-refractivity contribution is 5.05. The number of aryl methyl sites for hydroxylation is 1. The van der Waals surface area contributed by atoms with Crippen LogP contribution in [0.25, 0.3) is 0 Å². The van der Waals surface area contributed by atoms with Crippen molar-refractivity contribution in [3.05, 3.63) is 23.8 Å². The van der Waals surface area contributed by atoms with Gasteiger partial charge in [0.15, 0.2) is 0 Å². The third kappa shape index (κ3) is 6.13. The second kappa shape index (κ2) is 9.07. The fourth-order valence-electron chi connectivity index (χ4n) is 2.15. The summed E-state index contributed by atoms with van der Waals surface area (Å²) < 4.78 is 0. The van der Waals surface area contributed by atoms with Crippen LogP contribution in [-0.2, 0) is 12.8 Å². The van der Waals surface area contributed by atoms with Crippen molar-refractivity contribution < 1.29 is 0 Å². The van der Waals surface area contributed by atoms with Crippen molar-refractivity contribution in [1.29, 1.82) is 0 Å². The van der Waals surface area contributed by atoms with Gasteiger partial charge in [-0.2, -0.15) is 0 Å². The molecule has 0 aliphatic heterocycles. The summed E-state index contributed by atoms with van der Waals surface area (Å²) in [6.07, 6.45) is 13.9. The molecule has 1 aromatic rings. The van der Waals surface area contributed by atoms with Crippen LogP contribution in [0.15, 0.2) is 12.4 Å². The van der Waals surface area contributed by atoms with E-state index in [-0.39, 0.29) is 0 Å². The molecule has 0 amide bonds. The first-order valence-corrected chi connectivity index (χ1v) is 7.56. The van der Waals surface area contributed by atoms with Crippen molar-refractivity contribution in [2.24, 2.45) is 5.92 Å². The van der Waals surface area contributed by atoms with Gasteiger partial charge in [0, 0.05) is 18.8 Å². The fourth-order valence-corrected chi connectivity index (χ4v) is 2.15. The van der Waals surface area contributed by atoms with E-state index in [9.17, 15) is 0 Å². The molecular weight excluding hydrogens is 220 g/mol. The van der Waals surface area contributed by atoms with Crippen molar-refractivity contribution >= 4 is 0 Å². The van der Waals surface area contributed by atoms with Gasteiger partial charge in [0.1, 0.15) is 5.82 Å². The first-order chi connectivity index (χ1) is 8.76. The van der Waals surface area contributed by atoms with Gasteiger partial charge in [-0.3, -0.25) is 0 Å². The maximum Gasteiger partial charge on any atom is 0.128 e. The van der Waals surface area contributed by atoms with Gasteiger partial charge < -0.3 is 0 Å². The Bertz CT molecular complexity index is 305. The van der Waals surface area contributed by atoms with Crippen molar-refractivity contribution in [1.82, 2.24) is 9.97 Å². The van der Waals surface area contributed by atoms with E-state index in [1.165, 1.54) is 44.1 Å². The monoisotopic (exact) mass is 248 g/mol. The number of aromatic nitrogens is 2. The summed E-state index contributed by atoms with van der Waals surface area (Å²) in [5.74, 6) is 1.72. The smallest absolute Gasteiger partial charge is 0.128 e. The summed E-state index contributed by atoms with van der Waals surface area (Å²) in [6.45, 7) is 6.78. The fraction of sp³-hybridized carbons (Fsp3) is 0.750. The molecule has 0 spiro atoms. The maximum absolute atomic E-state index is 4.49. The first kappa shape index (κ1) is 15.1. The quantitative estimate of drug-likeness (QED) is 0.598. The minimum absolute atomic E-state index is 0.707. The zero-order valence-electron chi connectivity index (χ0n) is 12.3. The number of hydrogen-bond acceptors (Lipinski definition) is 2. The highest BCUT2D eigenvalue weighted by atomic mass is 14.9. The van der Waals surface area contributed by atoms with Crippen molar-refractivity contribution in [3.63, 3.8) is 0 Å². The van der Waals surface area contributed by atoms with E-state index < -0.39 is 0 Å². The van der Waals surface area contributed by atoms with Crippen LogP contribution in [0.3, 0.4) is 0 Å². The summed E-state index contributed by atoms with van der Waals surface area (Å²) >= 11 is 0. The molecule has 1 heterocycles. The Morgan fingerprint density at radius 2 is 1.67 bits per heavy atom. The molecule has 2 heteroatoms. The van der Waals surface area contributed by atoms with Crippen LogP contribution in [-0.4, -0.2) is 9.97 Å². The highest BCUT2D eigenvalue weighted by Gasteiger charge is 2.05. The van der Waals surface area contributed by atoms with Crippen LogP contribution in [0, 0.1) is 5.92 Å². The number of rotatable bonds is 9. The van der Waals surface area contributed by atoms with Gasteiger partial charge in [0.05, 0.1) is 0 Å². The summed E-state index contributed by atoms with van der Waals surface area (Å²) in [6, 6.07) is 0. The van der Waals surface area contributed by atoms with Crippen LogP contribution >= 0.6 is 0 Å². The average Bonchev–Trinajstić information content (AvgIpc) is 2.38. The molecule has 102 valence electrons. The molecule has 0 N–H and O–H groups in total. The van der Waals surface area contributed by atoms with Crippen LogP contribution in [0.4, 0.5) is 0 Å². The molecule has 0 bridgehead atoms. The Morgan fingerprint density at radius 1 is 1.00 bits per heavy atom. The molecule has 1 unspecified atom stereocenters. The van der Waals surface area contributed by atoms with E-state index in [1.54, 1.807) is 0 Å². The minimum atomic E-state index is 0.707. The second-order valence-corrected chi connectivity index (χ2v) is 5.42. The molecule has 0 fully saturated rings. The molecule has 18 heavy (non-hydrogen) atoms. The van der Waals surface area contributed by atoms with E-state index in [0.29, 0.717) is 5.92 Å². The summed E-state index contributed by atoms with van der Waals surface area (Å²) in [5, 5.41) is 0. The van der Waals surface area contributed by atoms with Gasteiger partial charge >= 0.3 is 0 Å². The van der Waals surface area contributed by atoms with Gasteiger partial charge in [0.25, 0.3) is 0 Å². The zero-order valence-corrected chi connectivity index (χ0v) is 12.3. The molecular formula is C16H28N2. The number of hydrogen-bond donors (Lipinski definition) is 0. The van der Waals surface area contributed by atoms with Crippen molar-refractivity contribution in [2.75, 3.05) is 0 Å². The van der Waals surface area contributed by atoms with Crippen molar-refractivity contribution in [3.8, 4) is 0 Å². The SMILES string of the molecule is CCCCCC(C)Cc1ncc(CCCC)cn1. The molecule has 0 saturated heterocycles. The van der Waals surface area contributed by atoms with Gasteiger partial charge in [-0.25, -0.2) is 9.97 Å². The highest BCUT2D eigenvalue weighted by Crippen LogP contribution is 2.13. The molecule has 0 aromatic carbocycles. The molecule has 0 saturated carbocycles. The summed E-state index contributed by atoms with van der Waals surface area (Å²) in [5.41, 5.74) is 1.28. The Labute approximate surface area is 112 Å². The normalized spacial score (nSPS) is 12.6. The largest absolute Gasteiger partial charge is 0.241 e. The molecule has 0 aliphatic rings. The van der Waals surface area contributed by atoms with Gasteiger partial charge in [0.2, 0.25) is 0 Å². The second-order valence-electron chi connectivity index (χ2n) is 5.42. The number of nitrogens with zero attached hydrogens (tertiary/aromatic N) is 2.